The van der Waals surface area contributed by atoms with Gasteiger partial charge in [-0.25, -0.2) is 5.43 Å². The quantitative estimate of drug-likeness (QED) is 0.519. The van der Waals surface area contributed by atoms with E-state index in [-0.39, 0.29) is 24.7 Å². The number of anilines is 1. The molecule has 0 unspecified atom stereocenters. The van der Waals surface area contributed by atoms with Crippen LogP contribution in [0.2, 0.25) is 5.02 Å². The molecular weight excluding hydrogens is 362 g/mol. The van der Waals surface area contributed by atoms with Gasteiger partial charge in [-0.05, 0) is 42.7 Å². The van der Waals surface area contributed by atoms with Crippen molar-refractivity contribution >= 4 is 34.8 Å². The first-order valence-electron chi connectivity index (χ1n) is 8.92. The standard InChI is InChI=1S/C21H24ClN3O2/c1-3-18(14-16-7-5-4-6-8-16)24-25-21(27)12-11-20(26)23-19-10-9-17(22)13-15(19)2/h4-10,13H,3,11-12,14H2,1-2H3,(H,23,26)(H,25,27). The Bertz CT molecular complexity index is 819. The number of nitrogens with zero attached hydrogens (tertiary/aromatic N) is 1. The summed E-state index contributed by atoms with van der Waals surface area (Å²) in [6, 6.07) is 15.2. The number of benzene rings is 2. The number of carbonyl (C=O) groups is 2. The first-order chi connectivity index (χ1) is 13.0. The highest BCUT2D eigenvalue weighted by Crippen LogP contribution is 2.19. The predicted molar refractivity (Wildman–Crippen MR) is 110 cm³/mol. The molecule has 0 atom stereocenters. The molecule has 0 aliphatic heterocycles. The molecule has 27 heavy (non-hydrogen) atoms. The largest absolute Gasteiger partial charge is 0.326 e. The number of hydrogen-bond donors (Lipinski definition) is 2. The van der Waals surface area contributed by atoms with E-state index in [0.29, 0.717) is 17.1 Å². The molecule has 2 aromatic rings. The average Bonchev–Trinajstić information content (AvgIpc) is 2.66. The lowest BCUT2D eigenvalue weighted by molar-refractivity contribution is -0.124. The first-order valence-corrected chi connectivity index (χ1v) is 9.30. The summed E-state index contributed by atoms with van der Waals surface area (Å²) < 4.78 is 0. The van der Waals surface area contributed by atoms with E-state index < -0.39 is 0 Å². The number of nitrogens with one attached hydrogen (secondary N) is 2. The molecule has 0 aliphatic rings. The van der Waals surface area contributed by atoms with Gasteiger partial charge < -0.3 is 5.32 Å². The van der Waals surface area contributed by atoms with E-state index in [4.69, 9.17) is 11.6 Å². The summed E-state index contributed by atoms with van der Waals surface area (Å²) in [4.78, 5) is 24.0. The van der Waals surface area contributed by atoms with Crippen molar-refractivity contribution in [2.45, 2.75) is 39.5 Å². The van der Waals surface area contributed by atoms with Crippen LogP contribution in [0.4, 0.5) is 5.69 Å². The minimum absolute atomic E-state index is 0.0737. The van der Waals surface area contributed by atoms with Crippen LogP contribution in [0.3, 0.4) is 0 Å². The third kappa shape index (κ3) is 7.23. The van der Waals surface area contributed by atoms with Crippen LogP contribution in [0, 0.1) is 6.92 Å². The smallest absolute Gasteiger partial charge is 0.240 e. The summed E-state index contributed by atoms with van der Waals surface area (Å²) in [6.45, 7) is 3.86. The lowest BCUT2D eigenvalue weighted by atomic mass is 10.1. The Morgan fingerprint density at radius 1 is 1.04 bits per heavy atom. The molecule has 2 rings (SSSR count). The van der Waals surface area contributed by atoms with Crippen molar-refractivity contribution in [1.29, 1.82) is 0 Å². The molecule has 0 fully saturated rings. The Balaban J connectivity index is 1.79. The second-order valence-electron chi connectivity index (χ2n) is 6.24. The number of amides is 2. The summed E-state index contributed by atoms with van der Waals surface area (Å²) in [5, 5.41) is 7.60. The SMILES string of the molecule is CCC(Cc1ccccc1)=NNC(=O)CCC(=O)Nc1ccc(Cl)cc1C. The fraction of sp³-hybridized carbons (Fsp3) is 0.286. The van der Waals surface area contributed by atoms with Crippen LogP contribution in [0.15, 0.2) is 53.6 Å². The van der Waals surface area contributed by atoms with E-state index in [1.807, 2.05) is 44.2 Å². The van der Waals surface area contributed by atoms with Gasteiger partial charge in [0.2, 0.25) is 11.8 Å². The second-order valence-corrected chi connectivity index (χ2v) is 6.67. The van der Waals surface area contributed by atoms with Gasteiger partial charge in [-0.15, -0.1) is 0 Å². The van der Waals surface area contributed by atoms with Crippen LogP contribution in [-0.2, 0) is 16.0 Å². The zero-order valence-corrected chi connectivity index (χ0v) is 16.3. The number of rotatable bonds is 8. The number of hydrogen-bond acceptors (Lipinski definition) is 3. The molecule has 142 valence electrons. The van der Waals surface area contributed by atoms with Gasteiger partial charge >= 0.3 is 0 Å². The molecular formula is C21H24ClN3O2. The maximum atomic E-state index is 12.0. The molecule has 0 aliphatic carbocycles. The third-order valence-electron chi connectivity index (χ3n) is 4.04. The average molecular weight is 386 g/mol. The normalized spacial score (nSPS) is 11.1. The zero-order chi connectivity index (χ0) is 19.6. The highest BCUT2D eigenvalue weighted by molar-refractivity contribution is 6.30. The molecule has 0 bridgehead atoms. The molecule has 0 heterocycles. The number of carbonyl (C=O) groups excluding carboxylic acids is 2. The van der Waals surface area contributed by atoms with E-state index in [9.17, 15) is 9.59 Å². The van der Waals surface area contributed by atoms with Gasteiger partial charge in [-0.2, -0.15) is 5.10 Å². The van der Waals surface area contributed by atoms with Gasteiger partial charge in [0.25, 0.3) is 0 Å². The predicted octanol–water partition coefficient (Wildman–Crippen LogP) is 4.49. The van der Waals surface area contributed by atoms with Crippen molar-refractivity contribution in [2.24, 2.45) is 5.10 Å². The maximum Gasteiger partial charge on any atom is 0.240 e. The van der Waals surface area contributed by atoms with E-state index in [0.717, 1.165) is 23.3 Å². The zero-order valence-electron chi connectivity index (χ0n) is 15.6. The van der Waals surface area contributed by atoms with Crippen molar-refractivity contribution in [1.82, 2.24) is 5.43 Å². The molecule has 2 amide bonds. The van der Waals surface area contributed by atoms with Crippen LogP contribution in [0.5, 0.6) is 0 Å². The van der Waals surface area contributed by atoms with Crippen LogP contribution in [0.1, 0.15) is 37.3 Å². The van der Waals surface area contributed by atoms with Gasteiger partial charge in [0, 0.05) is 35.7 Å². The molecule has 2 aromatic carbocycles. The minimum Gasteiger partial charge on any atom is -0.326 e. The molecule has 0 aromatic heterocycles. The van der Waals surface area contributed by atoms with Gasteiger partial charge in [-0.1, -0.05) is 48.9 Å². The van der Waals surface area contributed by atoms with Crippen molar-refractivity contribution in [3.05, 3.63) is 64.7 Å². The molecule has 6 heteroatoms. The Morgan fingerprint density at radius 3 is 2.41 bits per heavy atom. The minimum atomic E-state index is -0.281. The van der Waals surface area contributed by atoms with Gasteiger partial charge in [0.05, 0.1) is 0 Å². The summed E-state index contributed by atoms with van der Waals surface area (Å²) in [7, 11) is 0. The summed E-state index contributed by atoms with van der Waals surface area (Å²) in [6.07, 6.45) is 1.59. The van der Waals surface area contributed by atoms with Crippen LogP contribution in [0.25, 0.3) is 0 Å². The third-order valence-corrected chi connectivity index (χ3v) is 4.27. The van der Waals surface area contributed by atoms with Crippen LogP contribution in [-0.4, -0.2) is 17.5 Å². The molecule has 0 radical (unpaired) electrons. The summed E-state index contributed by atoms with van der Waals surface area (Å²) in [5.74, 6) is -0.503. The highest BCUT2D eigenvalue weighted by Gasteiger charge is 2.09. The Kier molecular flexibility index (Phi) is 8.01. The number of halogens is 1. The van der Waals surface area contributed by atoms with E-state index in [1.54, 1.807) is 18.2 Å². The van der Waals surface area contributed by atoms with Gasteiger partial charge in [0.1, 0.15) is 0 Å². The Morgan fingerprint density at radius 2 is 1.74 bits per heavy atom. The van der Waals surface area contributed by atoms with E-state index in [1.165, 1.54) is 0 Å². The van der Waals surface area contributed by atoms with Crippen molar-refractivity contribution < 1.29 is 9.59 Å². The van der Waals surface area contributed by atoms with Gasteiger partial charge in [-0.3, -0.25) is 9.59 Å². The molecule has 0 saturated carbocycles. The fourth-order valence-electron chi connectivity index (χ4n) is 2.48. The number of hydrazone groups is 1. The topological polar surface area (TPSA) is 70.6 Å². The Hall–Kier alpha value is -2.66. The van der Waals surface area contributed by atoms with Crippen LogP contribution >= 0.6 is 11.6 Å². The summed E-state index contributed by atoms with van der Waals surface area (Å²) >= 11 is 5.90. The lowest BCUT2D eigenvalue weighted by Gasteiger charge is -2.09. The first kappa shape index (κ1) is 20.6. The van der Waals surface area contributed by atoms with E-state index in [2.05, 4.69) is 15.8 Å². The monoisotopic (exact) mass is 385 g/mol. The summed E-state index contributed by atoms with van der Waals surface area (Å²) in [5.41, 5.74) is 6.14. The van der Waals surface area contributed by atoms with Crippen molar-refractivity contribution in [2.75, 3.05) is 5.32 Å². The Labute approximate surface area is 164 Å². The fourth-order valence-corrected chi connectivity index (χ4v) is 2.71. The molecule has 0 saturated heterocycles. The van der Waals surface area contributed by atoms with E-state index >= 15 is 0 Å². The van der Waals surface area contributed by atoms with Crippen LogP contribution < -0.4 is 10.7 Å². The maximum absolute atomic E-state index is 12.0. The second kappa shape index (κ2) is 10.5. The van der Waals surface area contributed by atoms with Gasteiger partial charge in [0.15, 0.2) is 0 Å². The van der Waals surface area contributed by atoms with Crippen molar-refractivity contribution in [3.63, 3.8) is 0 Å². The lowest BCUT2D eigenvalue weighted by Crippen LogP contribution is -2.22. The highest BCUT2D eigenvalue weighted by atomic mass is 35.5. The van der Waals surface area contributed by atoms with Crippen molar-refractivity contribution in [3.8, 4) is 0 Å². The molecule has 2 N–H and O–H groups in total. The number of aryl methyl sites for hydroxylation is 1. The molecule has 0 spiro atoms. The molecule has 5 nitrogen and oxygen atoms in total.